The van der Waals surface area contributed by atoms with Gasteiger partial charge in [0.1, 0.15) is 18.9 Å². The normalized spacial score (nSPS) is 7.90. The van der Waals surface area contributed by atoms with Crippen LogP contribution in [0.25, 0.3) is 0 Å². The van der Waals surface area contributed by atoms with Gasteiger partial charge in [0.2, 0.25) is 6.33 Å². The molecule has 0 aliphatic heterocycles. The van der Waals surface area contributed by atoms with Gasteiger partial charge in [0, 0.05) is 0 Å². The molecule has 0 saturated heterocycles. The largest absolute Gasteiger partial charge is 1.00 e. The molecule has 0 aromatic carbocycles. The van der Waals surface area contributed by atoms with Crippen LogP contribution in [0.3, 0.4) is 0 Å². The van der Waals surface area contributed by atoms with Crippen LogP contribution >= 0.6 is 0 Å². The fourth-order valence-electron chi connectivity index (χ4n) is 0.639. The Bertz CT molecular complexity index is 199. The van der Waals surface area contributed by atoms with Gasteiger partial charge in [-0.05, 0) is 0 Å². The van der Waals surface area contributed by atoms with Gasteiger partial charge >= 0.3 is 0 Å². The number of aromatic nitrogens is 2. The molecule has 0 radical (unpaired) electrons. The number of hydrogen-bond acceptors (Lipinski definition) is 1. The van der Waals surface area contributed by atoms with Crippen LogP contribution in [-0.2, 0) is 6.54 Å². The van der Waals surface area contributed by atoms with Gasteiger partial charge in [-0.15, -0.1) is 0 Å². The molecule has 0 unspecified atom stereocenters. The summed E-state index contributed by atoms with van der Waals surface area (Å²) in [6, 6.07) is 2.07. The van der Waals surface area contributed by atoms with Gasteiger partial charge < -0.3 is 24.0 Å². The van der Waals surface area contributed by atoms with Gasteiger partial charge in [-0.25, -0.2) is 4.57 Å². The Labute approximate surface area is 76.7 Å². The molecule has 0 aliphatic rings. The molecule has 0 aliphatic carbocycles. The number of nitrogens with zero attached hydrogens (tertiary/aromatic N) is 2. The maximum Gasteiger partial charge on any atom is 0.241 e. The van der Waals surface area contributed by atoms with E-state index in [0.29, 0.717) is 6.42 Å². The molecular formula is C6H8IN3. The molecule has 0 amide bonds. The number of aryl methyl sites for hydroxylation is 1. The van der Waals surface area contributed by atoms with E-state index in [1.54, 1.807) is 0 Å². The summed E-state index contributed by atoms with van der Waals surface area (Å²) in [7, 11) is 0. The predicted molar refractivity (Wildman–Crippen MR) is 31.2 cm³/mol. The minimum atomic E-state index is 0. The van der Waals surface area contributed by atoms with Gasteiger partial charge in [-0.1, -0.05) is 0 Å². The Morgan fingerprint density at radius 2 is 2.40 bits per heavy atom. The molecule has 10 heavy (non-hydrogen) atoms. The monoisotopic (exact) mass is 249 g/mol. The Hall–Kier alpha value is -0.570. The number of nitrogens with one attached hydrogen (secondary N) is 1. The first kappa shape index (κ1) is 9.43. The van der Waals surface area contributed by atoms with Crippen LogP contribution in [0.4, 0.5) is 0 Å². The molecule has 1 N–H and O–H groups in total. The van der Waals surface area contributed by atoms with E-state index in [4.69, 9.17) is 5.26 Å². The van der Waals surface area contributed by atoms with Crippen LogP contribution in [-0.4, -0.2) is 4.98 Å². The summed E-state index contributed by atoms with van der Waals surface area (Å²) in [5.41, 5.74) is 0. The van der Waals surface area contributed by atoms with Gasteiger partial charge in [-0.2, -0.15) is 5.26 Å². The quantitative estimate of drug-likeness (QED) is 0.447. The van der Waals surface area contributed by atoms with Crippen molar-refractivity contribution in [1.82, 2.24) is 4.98 Å². The number of aromatic amines is 1. The molecule has 1 rings (SSSR count). The topological polar surface area (TPSA) is 43.5 Å². The third-order valence-corrected chi connectivity index (χ3v) is 1.08. The van der Waals surface area contributed by atoms with Crippen molar-refractivity contribution in [2.75, 3.05) is 0 Å². The maximum atomic E-state index is 8.19. The van der Waals surface area contributed by atoms with Crippen LogP contribution in [0.2, 0.25) is 0 Å². The second-order valence-corrected chi connectivity index (χ2v) is 1.76. The summed E-state index contributed by atoms with van der Waals surface area (Å²) in [5.74, 6) is 0. The second-order valence-electron chi connectivity index (χ2n) is 1.76. The molecule has 0 fully saturated rings. The lowest BCUT2D eigenvalue weighted by atomic mass is 10.5. The molecule has 4 heteroatoms. The SMILES string of the molecule is N#CCC[n+]1cc[nH]c1.[I-]. The molecule has 0 atom stereocenters. The Balaban J connectivity index is 0.000000810. The zero-order chi connectivity index (χ0) is 6.53. The van der Waals surface area contributed by atoms with E-state index in [9.17, 15) is 0 Å². The summed E-state index contributed by atoms with van der Waals surface area (Å²) < 4.78 is 1.93. The summed E-state index contributed by atoms with van der Waals surface area (Å²) in [6.07, 6.45) is 6.13. The van der Waals surface area contributed by atoms with Crippen molar-refractivity contribution in [3.8, 4) is 6.07 Å². The lowest BCUT2D eigenvalue weighted by molar-refractivity contribution is -0.694. The van der Waals surface area contributed by atoms with E-state index >= 15 is 0 Å². The van der Waals surface area contributed by atoms with Crippen molar-refractivity contribution in [3.05, 3.63) is 18.7 Å². The minimum Gasteiger partial charge on any atom is -1.00 e. The number of H-pyrrole nitrogens is 1. The Morgan fingerprint density at radius 1 is 1.60 bits per heavy atom. The van der Waals surface area contributed by atoms with Crippen LogP contribution in [0.15, 0.2) is 18.7 Å². The van der Waals surface area contributed by atoms with Crippen molar-refractivity contribution in [1.29, 1.82) is 5.26 Å². The average molecular weight is 249 g/mol. The van der Waals surface area contributed by atoms with E-state index in [2.05, 4.69) is 11.1 Å². The Kier molecular flexibility index (Phi) is 4.94. The van der Waals surface area contributed by atoms with Gasteiger partial charge in [0.05, 0.1) is 12.5 Å². The first-order valence-electron chi connectivity index (χ1n) is 2.82. The highest BCUT2D eigenvalue weighted by Crippen LogP contribution is 1.74. The first-order chi connectivity index (χ1) is 4.43. The number of halogens is 1. The third kappa shape index (κ3) is 2.82. The zero-order valence-corrected chi connectivity index (χ0v) is 7.58. The summed E-state index contributed by atoms with van der Waals surface area (Å²) in [6.45, 7) is 0.778. The van der Waals surface area contributed by atoms with Crippen molar-refractivity contribution in [2.45, 2.75) is 13.0 Å². The van der Waals surface area contributed by atoms with Crippen LogP contribution in [0.1, 0.15) is 6.42 Å². The van der Waals surface area contributed by atoms with E-state index in [-0.39, 0.29) is 24.0 Å². The molecule has 0 bridgehead atoms. The number of nitriles is 1. The third-order valence-electron chi connectivity index (χ3n) is 1.08. The standard InChI is InChI=1S/C6H7N3.HI/c7-2-1-4-9-5-3-8-6-9;/h3,5-6H,1,4H2;1H. The summed E-state index contributed by atoms with van der Waals surface area (Å²) >= 11 is 0. The smallest absolute Gasteiger partial charge is 0.241 e. The van der Waals surface area contributed by atoms with Crippen molar-refractivity contribution in [2.24, 2.45) is 0 Å². The second kappa shape index (κ2) is 5.23. The number of hydrogen-bond donors (Lipinski definition) is 1. The number of rotatable bonds is 2. The predicted octanol–water partition coefficient (Wildman–Crippen LogP) is -2.78. The summed E-state index contributed by atoms with van der Waals surface area (Å²) in [4.78, 5) is 2.89. The molecular weight excluding hydrogens is 241 g/mol. The molecule has 1 aromatic rings. The summed E-state index contributed by atoms with van der Waals surface area (Å²) in [5, 5.41) is 8.19. The van der Waals surface area contributed by atoms with Crippen LogP contribution in [0, 0.1) is 11.3 Å². The van der Waals surface area contributed by atoms with Crippen molar-refractivity contribution >= 4 is 0 Å². The van der Waals surface area contributed by atoms with E-state index in [1.165, 1.54) is 0 Å². The van der Waals surface area contributed by atoms with E-state index < -0.39 is 0 Å². The molecule has 0 saturated carbocycles. The van der Waals surface area contributed by atoms with Crippen molar-refractivity contribution < 1.29 is 28.5 Å². The first-order valence-corrected chi connectivity index (χ1v) is 2.82. The fourth-order valence-corrected chi connectivity index (χ4v) is 0.639. The fraction of sp³-hybridized carbons (Fsp3) is 0.333. The number of imidazole rings is 1. The van der Waals surface area contributed by atoms with Gasteiger partial charge in [0.15, 0.2) is 0 Å². The molecule has 1 aromatic heterocycles. The van der Waals surface area contributed by atoms with E-state index in [1.807, 2.05) is 23.3 Å². The maximum absolute atomic E-state index is 8.19. The van der Waals surface area contributed by atoms with Crippen LogP contribution in [0.5, 0.6) is 0 Å². The van der Waals surface area contributed by atoms with Gasteiger partial charge in [-0.3, -0.25) is 4.98 Å². The highest BCUT2D eigenvalue weighted by atomic mass is 127. The van der Waals surface area contributed by atoms with Gasteiger partial charge in [0.25, 0.3) is 0 Å². The lowest BCUT2D eigenvalue weighted by Crippen LogP contribution is -3.00. The molecule has 54 valence electrons. The van der Waals surface area contributed by atoms with E-state index in [0.717, 1.165) is 6.54 Å². The molecule has 3 nitrogen and oxygen atoms in total. The Morgan fingerprint density at radius 3 is 2.90 bits per heavy atom. The minimum absolute atomic E-state index is 0. The molecule has 1 heterocycles. The zero-order valence-electron chi connectivity index (χ0n) is 5.42. The van der Waals surface area contributed by atoms with Crippen LogP contribution < -0.4 is 28.5 Å². The molecule has 0 spiro atoms. The highest BCUT2D eigenvalue weighted by molar-refractivity contribution is 4.65. The van der Waals surface area contributed by atoms with Crippen molar-refractivity contribution in [3.63, 3.8) is 0 Å². The lowest BCUT2D eigenvalue weighted by Gasteiger charge is -1.84. The highest BCUT2D eigenvalue weighted by Gasteiger charge is 1.92. The average Bonchev–Trinajstić information content (AvgIpc) is 2.34.